The monoisotopic (exact) mass is 341 g/mol. The van der Waals surface area contributed by atoms with Gasteiger partial charge in [-0.15, -0.1) is 0 Å². The zero-order valence-electron chi connectivity index (χ0n) is 13.8. The first-order chi connectivity index (χ1) is 12.0. The molecule has 1 amide bonds. The number of hydrogen-bond acceptors (Lipinski definition) is 2. The van der Waals surface area contributed by atoms with E-state index in [-0.39, 0.29) is 11.6 Å². The Kier molecular flexibility index (Phi) is 4.65. The van der Waals surface area contributed by atoms with Gasteiger partial charge in [-0.1, -0.05) is 24.3 Å². The first-order valence-electron chi connectivity index (χ1n) is 7.81. The molecule has 0 heterocycles. The summed E-state index contributed by atoms with van der Waals surface area (Å²) < 4.78 is 31.4. The normalized spacial score (nSPS) is 12.0. The Labute approximate surface area is 144 Å². The van der Waals surface area contributed by atoms with E-state index in [2.05, 4.69) is 5.32 Å². The molecule has 0 saturated carbocycles. The van der Waals surface area contributed by atoms with Crippen molar-refractivity contribution in [3.63, 3.8) is 0 Å². The third kappa shape index (κ3) is 3.60. The molecule has 0 bridgehead atoms. The van der Waals surface area contributed by atoms with Crippen LogP contribution >= 0.6 is 0 Å². The van der Waals surface area contributed by atoms with Crippen molar-refractivity contribution in [2.75, 3.05) is 12.4 Å². The van der Waals surface area contributed by atoms with E-state index < -0.39 is 17.6 Å². The molecule has 3 aromatic carbocycles. The van der Waals surface area contributed by atoms with Gasteiger partial charge in [-0.05, 0) is 47.5 Å². The lowest BCUT2D eigenvalue weighted by Crippen LogP contribution is -2.19. The number of benzene rings is 3. The fraction of sp³-hybridized carbons (Fsp3) is 0.150. The van der Waals surface area contributed by atoms with Crippen LogP contribution in [0.3, 0.4) is 0 Å². The molecule has 0 spiro atoms. The van der Waals surface area contributed by atoms with Crippen molar-refractivity contribution >= 4 is 22.4 Å². The summed E-state index contributed by atoms with van der Waals surface area (Å²) in [6.07, 6.45) is 0. The average Bonchev–Trinajstić information content (AvgIpc) is 2.63. The number of carbonyl (C=O) groups is 1. The highest BCUT2D eigenvalue weighted by molar-refractivity contribution is 5.96. The highest BCUT2D eigenvalue weighted by Crippen LogP contribution is 2.26. The first-order valence-corrected chi connectivity index (χ1v) is 7.81. The van der Waals surface area contributed by atoms with Crippen molar-refractivity contribution in [2.45, 2.75) is 12.8 Å². The third-order valence-electron chi connectivity index (χ3n) is 4.15. The van der Waals surface area contributed by atoms with Gasteiger partial charge in [-0.2, -0.15) is 0 Å². The van der Waals surface area contributed by atoms with Crippen LogP contribution in [-0.4, -0.2) is 13.0 Å². The SMILES string of the molecule is COc1ccc2cc([C@H](C)C(=O)Nc3ccc(F)c(F)c3)ccc2c1. The highest BCUT2D eigenvalue weighted by atomic mass is 19.2. The summed E-state index contributed by atoms with van der Waals surface area (Å²) in [5.74, 6) is -1.91. The Morgan fingerprint density at radius 1 is 0.960 bits per heavy atom. The van der Waals surface area contributed by atoms with Gasteiger partial charge in [0.25, 0.3) is 0 Å². The van der Waals surface area contributed by atoms with Crippen LogP contribution in [0.4, 0.5) is 14.5 Å². The van der Waals surface area contributed by atoms with Crippen LogP contribution in [0.2, 0.25) is 0 Å². The number of amides is 1. The van der Waals surface area contributed by atoms with Gasteiger partial charge < -0.3 is 10.1 Å². The lowest BCUT2D eigenvalue weighted by molar-refractivity contribution is -0.117. The second-order valence-corrected chi connectivity index (χ2v) is 5.81. The first kappa shape index (κ1) is 16.9. The number of nitrogens with one attached hydrogen (secondary N) is 1. The van der Waals surface area contributed by atoms with E-state index in [1.54, 1.807) is 14.0 Å². The topological polar surface area (TPSA) is 38.3 Å². The Morgan fingerprint density at radius 2 is 1.68 bits per heavy atom. The summed E-state index contributed by atoms with van der Waals surface area (Å²) in [5.41, 5.74) is 1.05. The van der Waals surface area contributed by atoms with E-state index in [0.29, 0.717) is 0 Å². The number of hydrogen-bond donors (Lipinski definition) is 1. The summed E-state index contributed by atoms with van der Waals surface area (Å²) in [7, 11) is 1.61. The molecular formula is C20H17F2NO2. The lowest BCUT2D eigenvalue weighted by Gasteiger charge is -2.14. The molecule has 25 heavy (non-hydrogen) atoms. The molecule has 1 atom stereocenters. The summed E-state index contributed by atoms with van der Waals surface area (Å²) in [4.78, 5) is 12.4. The molecule has 128 valence electrons. The lowest BCUT2D eigenvalue weighted by atomic mass is 9.97. The minimum Gasteiger partial charge on any atom is -0.497 e. The predicted molar refractivity (Wildman–Crippen MR) is 93.9 cm³/mol. The van der Waals surface area contributed by atoms with Crippen molar-refractivity contribution in [2.24, 2.45) is 0 Å². The molecule has 0 fully saturated rings. The van der Waals surface area contributed by atoms with Crippen molar-refractivity contribution < 1.29 is 18.3 Å². The molecule has 5 heteroatoms. The van der Waals surface area contributed by atoms with E-state index in [9.17, 15) is 13.6 Å². The summed E-state index contributed by atoms with van der Waals surface area (Å²) in [6.45, 7) is 1.76. The molecule has 0 unspecified atom stereocenters. The molecule has 3 aromatic rings. The van der Waals surface area contributed by atoms with Crippen LogP contribution in [0.25, 0.3) is 10.8 Å². The molecule has 0 radical (unpaired) electrons. The number of methoxy groups -OCH3 is 1. The number of carbonyl (C=O) groups excluding carboxylic acids is 1. The van der Waals surface area contributed by atoms with Gasteiger partial charge in [-0.3, -0.25) is 4.79 Å². The second kappa shape index (κ2) is 6.89. The van der Waals surface area contributed by atoms with Crippen LogP contribution in [0.15, 0.2) is 54.6 Å². The Bertz CT molecular complexity index is 940. The van der Waals surface area contributed by atoms with Crippen molar-refractivity contribution in [1.82, 2.24) is 0 Å². The standard InChI is InChI=1S/C20H17F2NO2/c1-12(20(24)23-16-6-8-18(21)19(22)11-16)13-3-4-15-10-17(25-2)7-5-14(15)9-13/h3-12H,1-2H3,(H,23,24)/t12-/m0/s1. The van der Waals surface area contributed by atoms with Crippen LogP contribution in [0.1, 0.15) is 18.4 Å². The van der Waals surface area contributed by atoms with Crippen LogP contribution < -0.4 is 10.1 Å². The highest BCUT2D eigenvalue weighted by Gasteiger charge is 2.16. The maximum absolute atomic E-state index is 13.3. The number of fused-ring (bicyclic) bond motifs is 1. The van der Waals surface area contributed by atoms with Gasteiger partial charge in [0, 0.05) is 11.8 Å². The van der Waals surface area contributed by atoms with E-state index >= 15 is 0 Å². The molecule has 0 saturated heterocycles. The quantitative estimate of drug-likeness (QED) is 0.735. The molecule has 3 nitrogen and oxygen atoms in total. The van der Waals surface area contributed by atoms with E-state index in [4.69, 9.17) is 4.74 Å². The van der Waals surface area contributed by atoms with Gasteiger partial charge in [0.15, 0.2) is 11.6 Å². The number of anilines is 1. The smallest absolute Gasteiger partial charge is 0.231 e. The van der Waals surface area contributed by atoms with Gasteiger partial charge in [0.2, 0.25) is 5.91 Å². The number of ether oxygens (including phenoxy) is 1. The largest absolute Gasteiger partial charge is 0.497 e. The predicted octanol–water partition coefficient (Wildman–Crippen LogP) is 4.87. The second-order valence-electron chi connectivity index (χ2n) is 5.81. The Morgan fingerprint density at radius 3 is 2.40 bits per heavy atom. The van der Waals surface area contributed by atoms with Crippen LogP contribution in [-0.2, 0) is 4.79 Å². The average molecular weight is 341 g/mol. The van der Waals surface area contributed by atoms with Gasteiger partial charge in [-0.25, -0.2) is 8.78 Å². The summed E-state index contributed by atoms with van der Waals surface area (Å²) in [6, 6.07) is 14.7. The van der Waals surface area contributed by atoms with Crippen molar-refractivity contribution in [3.8, 4) is 5.75 Å². The Balaban J connectivity index is 1.81. The maximum atomic E-state index is 13.3. The van der Waals surface area contributed by atoms with Crippen molar-refractivity contribution in [3.05, 3.63) is 71.8 Å². The Hall–Kier alpha value is -2.95. The number of halogens is 2. The van der Waals surface area contributed by atoms with Gasteiger partial charge in [0.05, 0.1) is 13.0 Å². The van der Waals surface area contributed by atoms with Crippen LogP contribution in [0, 0.1) is 11.6 Å². The van der Waals surface area contributed by atoms with Crippen LogP contribution in [0.5, 0.6) is 5.75 Å². The minimum absolute atomic E-state index is 0.223. The molecule has 3 rings (SSSR count). The van der Waals surface area contributed by atoms with E-state index in [1.165, 1.54) is 6.07 Å². The molecule has 0 aromatic heterocycles. The molecular weight excluding hydrogens is 324 g/mol. The molecule has 0 aliphatic heterocycles. The molecule has 1 N–H and O–H groups in total. The molecule has 0 aliphatic carbocycles. The minimum atomic E-state index is -0.995. The molecule has 0 aliphatic rings. The fourth-order valence-electron chi connectivity index (χ4n) is 2.61. The summed E-state index contributed by atoms with van der Waals surface area (Å²) >= 11 is 0. The fourth-order valence-corrected chi connectivity index (χ4v) is 2.61. The van der Waals surface area contributed by atoms with Gasteiger partial charge >= 0.3 is 0 Å². The van der Waals surface area contributed by atoms with E-state index in [0.717, 1.165) is 34.2 Å². The zero-order valence-corrected chi connectivity index (χ0v) is 13.8. The third-order valence-corrected chi connectivity index (χ3v) is 4.15. The van der Waals surface area contributed by atoms with Crippen molar-refractivity contribution in [1.29, 1.82) is 0 Å². The zero-order chi connectivity index (χ0) is 18.0. The maximum Gasteiger partial charge on any atom is 0.231 e. The summed E-state index contributed by atoms with van der Waals surface area (Å²) in [5, 5.41) is 4.61. The van der Waals surface area contributed by atoms with Gasteiger partial charge in [0.1, 0.15) is 5.75 Å². The van der Waals surface area contributed by atoms with E-state index in [1.807, 2.05) is 36.4 Å². The number of rotatable bonds is 4.